The lowest BCUT2D eigenvalue weighted by Crippen LogP contribution is -2.30. The van der Waals surface area contributed by atoms with E-state index in [1.165, 1.54) is 28.3 Å². The van der Waals surface area contributed by atoms with Crippen LogP contribution in [0.5, 0.6) is 0 Å². The van der Waals surface area contributed by atoms with Crippen LogP contribution >= 0.6 is 0 Å². The molecule has 0 bridgehead atoms. The Kier molecular flexibility index (Phi) is 5.57. The highest BCUT2D eigenvalue weighted by atomic mass is 16.3. The number of imidazole rings is 1. The molecule has 8 aromatic rings. The number of nitrogens with zero attached hydrogens (tertiary/aromatic N) is 4. The molecule has 0 unspecified atom stereocenters. The van der Waals surface area contributed by atoms with Crippen molar-refractivity contribution in [2.75, 3.05) is 0 Å². The Labute approximate surface area is 289 Å². The van der Waals surface area contributed by atoms with Crippen molar-refractivity contribution in [2.45, 2.75) is 60.2 Å². The third-order valence-corrected chi connectivity index (χ3v) is 9.59. The average molecular weight is 636 g/mol. The Morgan fingerprint density at radius 3 is 2.21 bits per heavy atom. The van der Waals surface area contributed by atoms with Crippen molar-refractivity contribution in [3.63, 3.8) is 0 Å². The van der Waals surface area contributed by atoms with Crippen LogP contribution in [-0.2, 0) is 7.05 Å². The minimum absolute atomic E-state index is 0.195. The van der Waals surface area contributed by atoms with Crippen LogP contribution in [0.3, 0.4) is 0 Å². The van der Waals surface area contributed by atoms with Gasteiger partial charge in [0.25, 0.3) is 5.82 Å². The Balaban J connectivity index is 1.49. The molecule has 0 fully saturated rings. The third-order valence-electron chi connectivity index (χ3n) is 9.59. The molecule has 0 saturated heterocycles. The van der Waals surface area contributed by atoms with Gasteiger partial charge in [-0.1, -0.05) is 76.2 Å². The van der Waals surface area contributed by atoms with Crippen LogP contribution in [0, 0.1) is 20.6 Å². The van der Waals surface area contributed by atoms with Gasteiger partial charge in [-0.3, -0.25) is 4.98 Å². The second-order valence-corrected chi connectivity index (χ2v) is 13.4. The molecule has 4 heterocycles. The van der Waals surface area contributed by atoms with Crippen molar-refractivity contribution in [3.8, 4) is 28.2 Å². The second-order valence-electron chi connectivity index (χ2n) is 13.4. The van der Waals surface area contributed by atoms with Gasteiger partial charge < -0.3 is 4.42 Å². The van der Waals surface area contributed by atoms with Gasteiger partial charge >= 0.3 is 0 Å². The molecule has 0 aliphatic carbocycles. The van der Waals surface area contributed by atoms with Crippen LogP contribution in [0.25, 0.3) is 72.2 Å². The normalized spacial score (nSPS) is 14.5. The zero-order valence-electron chi connectivity index (χ0n) is 34.0. The largest absolute Gasteiger partial charge is 0.453 e. The molecule has 8 rings (SSSR count). The van der Waals surface area contributed by atoms with Gasteiger partial charge in [0, 0.05) is 41.5 Å². The Morgan fingerprint density at radius 1 is 0.771 bits per heavy atom. The zero-order chi connectivity index (χ0) is 38.4. The van der Waals surface area contributed by atoms with Gasteiger partial charge in [0.2, 0.25) is 0 Å². The number of para-hydroxylation sites is 2. The lowest BCUT2D eigenvalue weighted by atomic mass is 9.88. The first-order valence-electron chi connectivity index (χ1n) is 19.5. The Bertz CT molecular complexity index is 2750. The topological polar surface area (TPSA) is 47.7 Å². The molecule has 0 radical (unpaired) electrons. The fourth-order valence-electron chi connectivity index (χ4n) is 7.22. The predicted octanol–water partition coefficient (Wildman–Crippen LogP) is 10.8. The fourth-order valence-corrected chi connectivity index (χ4v) is 7.22. The molecule has 0 N–H and O–H groups in total. The fraction of sp³-hybridized carbons (Fsp3) is 0.233. The van der Waals surface area contributed by atoms with Gasteiger partial charge in [0.05, 0.1) is 12.6 Å². The first-order valence-corrected chi connectivity index (χ1v) is 16.5. The number of hydrogen-bond donors (Lipinski definition) is 0. The van der Waals surface area contributed by atoms with Crippen molar-refractivity contribution in [1.29, 1.82) is 0 Å². The number of hydrogen-bond acceptors (Lipinski definition) is 3. The highest BCUT2D eigenvalue weighted by molar-refractivity contribution is 6.10. The number of rotatable bonds is 5. The Morgan fingerprint density at radius 2 is 1.50 bits per heavy atom. The van der Waals surface area contributed by atoms with E-state index in [1.54, 1.807) is 6.07 Å². The molecule has 4 aromatic heterocycles. The molecule has 0 atom stereocenters. The van der Waals surface area contributed by atoms with Crippen molar-refractivity contribution in [3.05, 3.63) is 119 Å². The smallest absolute Gasteiger partial charge is 0.299 e. The number of furan rings is 1. The summed E-state index contributed by atoms with van der Waals surface area (Å²) in [5, 5.41) is 0.966. The summed E-state index contributed by atoms with van der Waals surface area (Å²) in [5.74, 6) is 1.32. The van der Waals surface area contributed by atoms with Gasteiger partial charge in [-0.05, 0) is 91.6 Å². The van der Waals surface area contributed by atoms with Gasteiger partial charge in [0.15, 0.2) is 22.2 Å². The van der Waals surface area contributed by atoms with Crippen molar-refractivity contribution in [2.24, 2.45) is 7.05 Å². The minimum Gasteiger partial charge on any atom is -0.453 e. The van der Waals surface area contributed by atoms with Crippen LogP contribution < -0.4 is 4.57 Å². The van der Waals surface area contributed by atoms with E-state index in [1.807, 2.05) is 12.1 Å². The molecule has 4 aromatic carbocycles. The van der Waals surface area contributed by atoms with E-state index in [-0.39, 0.29) is 34.1 Å². The van der Waals surface area contributed by atoms with Crippen LogP contribution in [0.15, 0.2) is 95.4 Å². The van der Waals surface area contributed by atoms with Crippen molar-refractivity contribution in [1.82, 2.24) is 14.5 Å². The standard InChI is InChI=1S/C43H41N4O/c1-24(2)32-21-30(29-14-10-9-11-15-29)22-33(25(3)4)41(32)47-37-17-13-12-16-36(37)46(8)43(47)39-26(5)18-19-31-40-38(48-42(31)39)23-34-28(7)44-27(6)20-35(34)45-40/h9-25H,1-8H3/q+1/i6D3,7D3. The summed E-state index contributed by atoms with van der Waals surface area (Å²) in [6.07, 6.45) is 0. The second kappa shape index (κ2) is 11.2. The number of pyridine rings is 2. The lowest BCUT2D eigenvalue weighted by molar-refractivity contribution is -0.633. The molecule has 0 aliphatic rings. The molecule has 48 heavy (non-hydrogen) atoms. The van der Waals surface area contributed by atoms with Gasteiger partial charge in [0.1, 0.15) is 16.8 Å². The first kappa shape index (κ1) is 23.9. The first-order chi connectivity index (χ1) is 25.5. The van der Waals surface area contributed by atoms with Crippen LogP contribution in [0.4, 0.5) is 0 Å². The number of aromatic nitrogens is 4. The van der Waals surface area contributed by atoms with Crippen LogP contribution in [0.2, 0.25) is 0 Å². The van der Waals surface area contributed by atoms with Gasteiger partial charge in [-0.15, -0.1) is 0 Å². The highest BCUT2D eigenvalue weighted by Gasteiger charge is 2.34. The summed E-state index contributed by atoms with van der Waals surface area (Å²) in [6, 6.07) is 30.6. The molecule has 5 nitrogen and oxygen atoms in total. The van der Waals surface area contributed by atoms with Crippen LogP contribution in [-0.4, -0.2) is 14.5 Å². The maximum absolute atomic E-state index is 8.21. The molecule has 5 heteroatoms. The van der Waals surface area contributed by atoms with Gasteiger partial charge in [-0.25, -0.2) is 9.55 Å². The zero-order valence-corrected chi connectivity index (χ0v) is 28.0. The maximum Gasteiger partial charge on any atom is 0.299 e. The third kappa shape index (κ3) is 4.56. The summed E-state index contributed by atoms with van der Waals surface area (Å²) < 4.78 is 60.0. The van der Waals surface area contributed by atoms with Crippen molar-refractivity contribution < 1.29 is 17.2 Å². The Hall–Kier alpha value is -5.29. The van der Waals surface area contributed by atoms with E-state index in [0.29, 0.717) is 16.7 Å². The maximum atomic E-state index is 8.21. The molecule has 238 valence electrons. The van der Waals surface area contributed by atoms with E-state index >= 15 is 0 Å². The van der Waals surface area contributed by atoms with Crippen LogP contribution in [0.1, 0.15) is 75.8 Å². The summed E-state index contributed by atoms with van der Waals surface area (Å²) in [5.41, 5.74) is 11.0. The molecular weight excluding hydrogens is 589 g/mol. The monoisotopic (exact) mass is 635 g/mol. The summed E-state index contributed by atoms with van der Waals surface area (Å²) >= 11 is 0. The minimum atomic E-state index is -2.67. The summed E-state index contributed by atoms with van der Waals surface area (Å²) in [6.45, 7) is 5.75. The molecule has 0 aliphatic heterocycles. The van der Waals surface area contributed by atoms with E-state index in [0.717, 1.165) is 39.1 Å². The average Bonchev–Trinajstić information content (AvgIpc) is 3.62. The number of benzene rings is 4. The lowest BCUT2D eigenvalue weighted by Gasteiger charge is -2.21. The quantitative estimate of drug-likeness (QED) is 0.177. The van der Waals surface area contributed by atoms with Gasteiger partial charge in [-0.2, -0.15) is 4.57 Å². The molecule has 0 amide bonds. The van der Waals surface area contributed by atoms with Crippen molar-refractivity contribution >= 4 is 44.0 Å². The number of fused-ring (bicyclic) bond motifs is 5. The molecular formula is C43H41N4O+. The van der Waals surface area contributed by atoms with E-state index < -0.39 is 13.7 Å². The van der Waals surface area contributed by atoms with E-state index in [4.69, 9.17) is 17.6 Å². The molecule has 0 spiro atoms. The highest BCUT2D eigenvalue weighted by Crippen LogP contribution is 2.43. The summed E-state index contributed by atoms with van der Waals surface area (Å²) in [4.78, 5) is 9.01. The van der Waals surface area contributed by atoms with E-state index in [2.05, 4.69) is 123 Å². The number of aryl methyl sites for hydroxylation is 4. The van der Waals surface area contributed by atoms with E-state index in [9.17, 15) is 0 Å². The summed E-state index contributed by atoms with van der Waals surface area (Å²) in [7, 11) is 2.08. The molecule has 0 saturated carbocycles. The predicted molar refractivity (Wildman–Crippen MR) is 198 cm³/mol. The SMILES string of the molecule is [2H]C([2H])([2H])c1cc2nc3c(cc2c(C([2H])([2H])[2H])n1)oc1c(-c2n(-c4c(C(C)C)cc(-c5ccccc5)cc4C(C)C)c4ccccc4[n+]2C)c(C)ccc13.